The number of fused-ring (bicyclic) bond motifs is 1. The number of halogens is 2. The van der Waals surface area contributed by atoms with Crippen LogP contribution in [0.3, 0.4) is 0 Å². The van der Waals surface area contributed by atoms with Crippen LogP contribution in [0.1, 0.15) is 18.4 Å². The molecule has 1 fully saturated rings. The van der Waals surface area contributed by atoms with Crippen LogP contribution >= 0.6 is 23.2 Å². The standard InChI is InChI=1S/C25H26Cl2N2O4/c1-32-21-9-6-15(12-22(21)33-2)14-29-11-10-16-4-3-5-18(23(16)25(29)31)24(30)28-20-8-7-17(26)13-19(20)27/h3-4,6-9,12-13,16,18,23H,5,10-11,14H2,1-2H3,(H,28,30)/t16-,18-,23+/m1/s1. The molecule has 2 aromatic rings. The van der Waals surface area contributed by atoms with Crippen LogP contribution in [0.5, 0.6) is 11.5 Å². The Morgan fingerprint density at radius 2 is 1.91 bits per heavy atom. The maximum Gasteiger partial charge on any atom is 0.228 e. The van der Waals surface area contributed by atoms with Gasteiger partial charge in [0.2, 0.25) is 11.8 Å². The van der Waals surface area contributed by atoms with Crippen molar-refractivity contribution in [3.8, 4) is 11.5 Å². The summed E-state index contributed by atoms with van der Waals surface area (Å²) in [4.78, 5) is 28.5. The van der Waals surface area contributed by atoms with Crippen molar-refractivity contribution in [1.82, 2.24) is 4.90 Å². The molecule has 4 rings (SSSR count). The maximum absolute atomic E-state index is 13.5. The average molecular weight is 489 g/mol. The molecule has 0 bridgehead atoms. The monoisotopic (exact) mass is 488 g/mol. The number of piperidine rings is 1. The second-order valence-electron chi connectivity index (χ2n) is 8.31. The molecular weight excluding hydrogens is 463 g/mol. The predicted octanol–water partition coefficient (Wildman–Crippen LogP) is 5.19. The quantitative estimate of drug-likeness (QED) is 0.568. The summed E-state index contributed by atoms with van der Waals surface area (Å²) in [7, 11) is 3.17. The van der Waals surface area contributed by atoms with E-state index in [1.54, 1.807) is 32.4 Å². The normalized spacial score (nSPS) is 22.0. The number of carbonyl (C=O) groups is 2. The molecule has 1 aliphatic carbocycles. The lowest BCUT2D eigenvalue weighted by Gasteiger charge is -2.41. The van der Waals surface area contributed by atoms with Gasteiger partial charge in [0.25, 0.3) is 0 Å². The second-order valence-corrected chi connectivity index (χ2v) is 9.15. The fourth-order valence-corrected chi connectivity index (χ4v) is 5.12. The number of ether oxygens (including phenoxy) is 2. The number of likely N-dealkylation sites (tertiary alicyclic amines) is 1. The predicted molar refractivity (Wildman–Crippen MR) is 129 cm³/mol. The summed E-state index contributed by atoms with van der Waals surface area (Å²) < 4.78 is 10.7. The maximum atomic E-state index is 13.5. The third kappa shape index (κ3) is 4.97. The van der Waals surface area contributed by atoms with Crippen LogP contribution in [-0.2, 0) is 16.1 Å². The molecule has 0 unspecified atom stereocenters. The molecule has 33 heavy (non-hydrogen) atoms. The molecule has 1 heterocycles. The largest absolute Gasteiger partial charge is 0.493 e. The molecule has 2 aromatic carbocycles. The van der Waals surface area contributed by atoms with Crippen LogP contribution in [0, 0.1) is 17.8 Å². The van der Waals surface area contributed by atoms with E-state index in [9.17, 15) is 9.59 Å². The van der Waals surface area contributed by atoms with Crippen LogP contribution in [0.25, 0.3) is 0 Å². The molecule has 0 radical (unpaired) electrons. The number of nitrogens with one attached hydrogen (secondary N) is 1. The van der Waals surface area contributed by atoms with Gasteiger partial charge in [-0.1, -0.05) is 41.4 Å². The fraction of sp³-hybridized carbons (Fsp3) is 0.360. The summed E-state index contributed by atoms with van der Waals surface area (Å²) >= 11 is 12.2. The lowest BCUT2D eigenvalue weighted by molar-refractivity contribution is -0.147. The zero-order valence-corrected chi connectivity index (χ0v) is 20.0. The molecule has 2 amide bonds. The first-order valence-corrected chi connectivity index (χ1v) is 11.6. The van der Waals surface area contributed by atoms with E-state index >= 15 is 0 Å². The highest BCUT2D eigenvalue weighted by Gasteiger charge is 2.44. The molecule has 8 heteroatoms. The molecular formula is C25H26Cl2N2O4. The van der Waals surface area contributed by atoms with E-state index < -0.39 is 11.8 Å². The first-order valence-electron chi connectivity index (χ1n) is 10.8. The number of carbonyl (C=O) groups excluding carboxylic acids is 2. The van der Waals surface area contributed by atoms with Gasteiger partial charge in [0.1, 0.15) is 0 Å². The Kier molecular flexibility index (Phi) is 7.15. The first kappa shape index (κ1) is 23.5. The van der Waals surface area contributed by atoms with E-state index in [0.717, 1.165) is 12.0 Å². The highest BCUT2D eigenvalue weighted by Crippen LogP contribution is 2.39. The zero-order chi connectivity index (χ0) is 23.5. The van der Waals surface area contributed by atoms with Gasteiger partial charge >= 0.3 is 0 Å². The number of methoxy groups -OCH3 is 2. The highest BCUT2D eigenvalue weighted by molar-refractivity contribution is 6.36. The van der Waals surface area contributed by atoms with E-state index in [2.05, 4.69) is 11.4 Å². The lowest BCUT2D eigenvalue weighted by atomic mass is 9.71. The number of rotatable bonds is 6. The number of amides is 2. The van der Waals surface area contributed by atoms with Crippen molar-refractivity contribution in [3.63, 3.8) is 0 Å². The van der Waals surface area contributed by atoms with E-state index in [1.165, 1.54) is 0 Å². The van der Waals surface area contributed by atoms with Crippen LogP contribution in [0.2, 0.25) is 10.0 Å². The first-order chi connectivity index (χ1) is 15.9. The van der Waals surface area contributed by atoms with Crippen molar-refractivity contribution in [2.24, 2.45) is 17.8 Å². The number of allylic oxidation sites excluding steroid dienone is 2. The van der Waals surface area contributed by atoms with Gasteiger partial charge in [-0.05, 0) is 54.7 Å². The Morgan fingerprint density at radius 3 is 2.64 bits per heavy atom. The van der Waals surface area contributed by atoms with Crippen molar-refractivity contribution in [2.45, 2.75) is 19.4 Å². The van der Waals surface area contributed by atoms with Crippen LogP contribution in [0.4, 0.5) is 5.69 Å². The van der Waals surface area contributed by atoms with Crippen molar-refractivity contribution in [2.75, 3.05) is 26.1 Å². The Hall–Kier alpha value is -2.70. The van der Waals surface area contributed by atoms with Crippen LogP contribution in [0.15, 0.2) is 48.6 Å². The summed E-state index contributed by atoms with van der Waals surface area (Å²) in [5.41, 5.74) is 1.43. The average Bonchev–Trinajstić information content (AvgIpc) is 2.82. The van der Waals surface area contributed by atoms with Gasteiger partial charge in [-0.2, -0.15) is 0 Å². The van der Waals surface area contributed by atoms with E-state index in [0.29, 0.717) is 46.7 Å². The molecule has 1 aliphatic heterocycles. The molecule has 0 aromatic heterocycles. The highest BCUT2D eigenvalue weighted by atomic mass is 35.5. The van der Waals surface area contributed by atoms with E-state index in [4.69, 9.17) is 32.7 Å². The molecule has 174 valence electrons. The molecule has 6 nitrogen and oxygen atoms in total. The number of nitrogens with zero attached hydrogens (tertiary/aromatic N) is 1. The van der Waals surface area contributed by atoms with Crippen molar-refractivity contribution < 1.29 is 19.1 Å². The third-order valence-corrected chi connectivity index (χ3v) is 6.89. The minimum atomic E-state index is -0.465. The SMILES string of the molecule is COc1ccc(CN2CC[C@H]3C=CC[C@@H](C(=O)Nc4ccc(Cl)cc4Cl)[C@H]3C2=O)cc1OC. The van der Waals surface area contributed by atoms with E-state index in [-0.39, 0.29) is 17.7 Å². The Bertz CT molecular complexity index is 1090. The topological polar surface area (TPSA) is 67.9 Å². The summed E-state index contributed by atoms with van der Waals surface area (Å²) in [6.45, 7) is 1.08. The fourth-order valence-electron chi connectivity index (χ4n) is 4.66. The third-order valence-electron chi connectivity index (χ3n) is 6.34. The molecule has 1 N–H and O–H groups in total. The number of anilines is 1. The molecule has 1 saturated heterocycles. The minimum absolute atomic E-state index is 0.00672. The smallest absolute Gasteiger partial charge is 0.228 e. The minimum Gasteiger partial charge on any atom is -0.493 e. The van der Waals surface area contributed by atoms with Gasteiger partial charge in [-0.15, -0.1) is 0 Å². The van der Waals surface area contributed by atoms with Crippen molar-refractivity contribution >= 4 is 40.7 Å². The van der Waals surface area contributed by atoms with Gasteiger partial charge in [0, 0.05) is 18.1 Å². The Balaban J connectivity index is 1.51. The van der Waals surface area contributed by atoms with Gasteiger partial charge in [-0.3, -0.25) is 9.59 Å². The number of hydrogen-bond donors (Lipinski definition) is 1. The zero-order valence-electron chi connectivity index (χ0n) is 18.5. The van der Waals surface area contributed by atoms with Crippen molar-refractivity contribution in [1.29, 1.82) is 0 Å². The summed E-state index contributed by atoms with van der Waals surface area (Å²) in [6.07, 6.45) is 5.40. The van der Waals surface area contributed by atoms with Crippen LogP contribution in [-0.4, -0.2) is 37.5 Å². The molecule has 2 aliphatic rings. The molecule has 0 saturated carbocycles. The van der Waals surface area contributed by atoms with Gasteiger partial charge in [0.05, 0.1) is 36.8 Å². The summed E-state index contributed by atoms with van der Waals surface area (Å²) in [6, 6.07) is 10.6. The Morgan fingerprint density at radius 1 is 1.12 bits per heavy atom. The van der Waals surface area contributed by atoms with E-state index in [1.807, 2.05) is 29.2 Å². The molecule has 3 atom stereocenters. The molecule has 0 spiro atoms. The summed E-state index contributed by atoms with van der Waals surface area (Å²) in [5, 5.41) is 3.75. The van der Waals surface area contributed by atoms with Gasteiger partial charge in [-0.25, -0.2) is 0 Å². The van der Waals surface area contributed by atoms with Crippen molar-refractivity contribution in [3.05, 3.63) is 64.2 Å². The Labute approximate surface area is 203 Å². The number of benzene rings is 2. The summed E-state index contributed by atoms with van der Waals surface area (Å²) in [5.74, 6) is 0.218. The number of hydrogen-bond acceptors (Lipinski definition) is 4. The van der Waals surface area contributed by atoms with Crippen LogP contribution < -0.4 is 14.8 Å². The second kappa shape index (κ2) is 10.1. The van der Waals surface area contributed by atoms with Gasteiger partial charge in [0.15, 0.2) is 11.5 Å². The van der Waals surface area contributed by atoms with Gasteiger partial charge < -0.3 is 19.7 Å². The lowest BCUT2D eigenvalue weighted by Crippen LogP contribution is -2.50.